The number of aliphatic hydroxyl groups is 1. The number of methoxy groups -OCH3 is 1. The number of benzene rings is 1. The van der Waals surface area contributed by atoms with Crippen molar-refractivity contribution < 1.29 is 9.84 Å². The van der Waals surface area contributed by atoms with Crippen molar-refractivity contribution >= 4 is 35.6 Å². The van der Waals surface area contributed by atoms with E-state index >= 15 is 0 Å². The third kappa shape index (κ3) is 8.58. The maximum atomic E-state index is 9.35. The summed E-state index contributed by atoms with van der Waals surface area (Å²) in [5.41, 5.74) is 1.24. The molecule has 0 aromatic heterocycles. The van der Waals surface area contributed by atoms with E-state index < -0.39 is 0 Å². The molecule has 0 spiro atoms. The van der Waals surface area contributed by atoms with Gasteiger partial charge in [0.1, 0.15) is 5.75 Å². The molecule has 2 N–H and O–H groups in total. The van der Waals surface area contributed by atoms with Crippen molar-refractivity contribution in [2.45, 2.75) is 33.6 Å². The second kappa shape index (κ2) is 13.9. The van der Waals surface area contributed by atoms with Gasteiger partial charge in [-0.15, -0.1) is 24.0 Å². The zero-order chi connectivity index (χ0) is 20.4. The highest BCUT2D eigenvalue weighted by atomic mass is 127. The van der Waals surface area contributed by atoms with Gasteiger partial charge in [-0.1, -0.05) is 13.8 Å². The quantitative estimate of drug-likeness (QED) is 0.298. The van der Waals surface area contributed by atoms with Gasteiger partial charge in [-0.05, 0) is 55.9 Å². The lowest BCUT2D eigenvalue weighted by Crippen LogP contribution is -2.52. The monoisotopic (exact) mass is 518 g/mol. The lowest BCUT2D eigenvalue weighted by molar-refractivity contribution is 0.245. The molecular weight excluding hydrogens is 479 g/mol. The third-order valence-corrected chi connectivity index (χ3v) is 5.19. The SMILES string of the molecule is CCNC(=NCC(CCO)CC(C)C)N1CCN(c2ccc(OC)cc2)CC1.I. The summed E-state index contributed by atoms with van der Waals surface area (Å²) in [5, 5.41) is 12.8. The van der Waals surface area contributed by atoms with Gasteiger partial charge in [-0.2, -0.15) is 0 Å². The zero-order valence-electron chi connectivity index (χ0n) is 18.4. The van der Waals surface area contributed by atoms with Crippen LogP contribution in [-0.2, 0) is 0 Å². The molecule has 1 aliphatic rings. The third-order valence-electron chi connectivity index (χ3n) is 5.19. The summed E-state index contributed by atoms with van der Waals surface area (Å²) in [6, 6.07) is 8.28. The number of hydrogen-bond donors (Lipinski definition) is 2. The van der Waals surface area contributed by atoms with E-state index in [-0.39, 0.29) is 30.6 Å². The van der Waals surface area contributed by atoms with Gasteiger partial charge in [0.15, 0.2) is 5.96 Å². The Labute approximate surface area is 193 Å². The molecule has 1 heterocycles. The van der Waals surface area contributed by atoms with Crippen molar-refractivity contribution in [3.05, 3.63) is 24.3 Å². The molecule has 1 fully saturated rings. The van der Waals surface area contributed by atoms with Gasteiger partial charge in [-0.25, -0.2) is 0 Å². The fourth-order valence-electron chi connectivity index (χ4n) is 3.74. The summed E-state index contributed by atoms with van der Waals surface area (Å²) >= 11 is 0. The smallest absolute Gasteiger partial charge is 0.194 e. The van der Waals surface area contributed by atoms with Crippen LogP contribution in [0.2, 0.25) is 0 Å². The number of ether oxygens (including phenoxy) is 1. The van der Waals surface area contributed by atoms with E-state index in [4.69, 9.17) is 9.73 Å². The summed E-state index contributed by atoms with van der Waals surface area (Å²) in [6.07, 6.45) is 1.93. The predicted molar refractivity (Wildman–Crippen MR) is 133 cm³/mol. The Morgan fingerprint density at radius 3 is 2.34 bits per heavy atom. The van der Waals surface area contributed by atoms with Crippen LogP contribution in [0.1, 0.15) is 33.6 Å². The maximum absolute atomic E-state index is 9.35. The predicted octanol–water partition coefficient (Wildman–Crippen LogP) is 3.45. The summed E-state index contributed by atoms with van der Waals surface area (Å²) in [4.78, 5) is 9.68. The van der Waals surface area contributed by atoms with Crippen molar-refractivity contribution in [1.82, 2.24) is 10.2 Å². The topological polar surface area (TPSA) is 60.3 Å². The largest absolute Gasteiger partial charge is 0.497 e. The number of guanidine groups is 1. The highest BCUT2D eigenvalue weighted by Gasteiger charge is 2.20. The molecule has 166 valence electrons. The van der Waals surface area contributed by atoms with Crippen LogP contribution in [-0.4, -0.2) is 69.0 Å². The average Bonchev–Trinajstić information content (AvgIpc) is 2.71. The van der Waals surface area contributed by atoms with Crippen molar-refractivity contribution in [3.8, 4) is 5.75 Å². The van der Waals surface area contributed by atoms with Gasteiger partial charge in [0.25, 0.3) is 0 Å². The van der Waals surface area contributed by atoms with Crippen LogP contribution in [0.3, 0.4) is 0 Å². The van der Waals surface area contributed by atoms with Gasteiger partial charge in [0.05, 0.1) is 7.11 Å². The minimum absolute atomic E-state index is 0. The van der Waals surface area contributed by atoms with Crippen LogP contribution in [0.4, 0.5) is 5.69 Å². The summed E-state index contributed by atoms with van der Waals surface area (Å²) in [7, 11) is 1.70. The first kappa shape index (κ1) is 25.8. The van der Waals surface area contributed by atoms with Crippen molar-refractivity contribution in [2.75, 3.05) is 57.9 Å². The Balaban J connectivity index is 0.00000420. The van der Waals surface area contributed by atoms with Gasteiger partial charge in [0.2, 0.25) is 0 Å². The molecule has 2 rings (SSSR count). The van der Waals surface area contributed by atoms with Crippen LogP contribution < -0.4 is 15.0 Å². The number of nitrogens with zero attached hydrogens (tertiary/aromatic N) is 3. The van der Waals surface area contributed by atoms with Gasteiger partial charge in [0, 0.05) is 51.6 Å². The number of nitrogens with one attached hydrogen (secondary N) is 1. The second-order valence-electron chi connectivity index (χ2n) is 7.87. The minimum Gasteiger partial charge on any atom is -0.497 e. The van der Waals surface area contributed by atoms with E-state index in [1.54, 1.807) is 7.11 Å². The van der Waals surface area contributed by atoms with E-state index in [9.17, 15) is 5.11 Å². The first-order valence-corrected chi connectivity index (χ1v) is 10.6. The molecule has 7 heteroatoms. The number of aliphatic hydroxyl groups excluding tert-OH is 1. The fourth-order valence-corrected chi connectivity index (χ4v) is 3.74. The van der Waals surface area contributed by atoms with Crippen molar-refractivity contribution in [2.24, 2.45) is 16.8 Å². The van der Waals surface area contributed by atoms with Crippen molar-refractivity contribution in [1.29, 1.82) is 0 Å². The number of piperazine rings is 1. The van der Waals surface area contributed by atoms with Gasteiger partial charge in [-0.3, -0.25) is 4.99 Å². The first-order valence-electron chi connectivity index (χ1n) is 10.6. The molecule has 1 atom stereocenters. The Kier molecular flexibility index (Phi) is 12.4. The fraction of sp³-hybridized carbons (Fsp3) is 0.682. The van der Waals surface area contributed by atoms with E-state index in [0.29, 0.717) is 11.8 Å². The Morgan fingerprint density at radius 1 is 1.17 bits per heavy atom. The summed E-state index contributed by atoms with van der Waals surface area (Å²) in [6.45, 7) is 12.3. The minimum atomic E-state index is 0. The normalized spacial score (nSPS) is 15.9. The summed E-state index contributed by atoms with van der Waals surface area (Å²) in [5.74, 6) is 2.97. The number of anilines is 1. The number of rotatable bonds is 9. The van der Waals surface area contributed by atoms with Crippen LogP contribution in [0.25, 0.3) is 0 Å². The molecule has 0 bridgehead atoms. The number of aliphatic imine (C=N–C) groups is 1. The van der Waals surface area contributed by atoms with Crippen LogP contribution in [0.15, 0.2) is 29.3 Å². The second-order valence-corrected chi connectivity index (χ2v) is 7.87. The maximum Gasteiger partial charge on any atom is 0.194 e. The number of halogens is 1. The molecule has 1 saturated heterocycles. The molecule has 0 amide bonds. The van der Waals surface area contributed by atoms with Gasteiger partial charge >= 0.3 is 0 Å². The van der Waals surface area contributed by atoms with E-state index in [2.05, 4.69) is 48.0 Å². The van der Waals surface area contributed by atoms with E-state index in [1.165, 1.54) is 5.69 Å². The Morgan fingerprint density at radius 2 is 1.83 bits per heavy atom. The average molecular weight is 518 g/mol. The highest BCUT2D eigenvalue weighted by molar-refractivity contribution is 14.0. The van der Waals surface area contributed by atoms with Crippen LogP contribution in [0.5, 0.6) is 5.75 Å². The zero-order valence-corrected chi connectivity index (χ0v) is 20.8. The van der Waals surface area contributed by atoms with Crippen molar-refractivity contribution in [3.63, 3.8) is 0 Å². The molecule has 0 saturated carbocycles. The molecular formula is C22H39IN4O2. The molecule has 0 radical (unpaired) electrons. The molecule has 0 aliphatic carbocycles. The Hall–Kier alpha value is -1.22. The molecule has 1 aliphatic heterocycles. The summed E-state index contributed by atoms with van der Waals surface area (Å²) < 4.78 is 5.25. The first-order chi connectivity index (χ1) is 13.6. The lowest BCUT2D eigenvalue weighted by Gasteiger charge is -2.38. The lowest BCUT2D eigenvalue weighted by atomic mass is 9.94. The van der Waals surface area contributed by atoms with Crippen LogP contribution >= 0.6 is 24.0 Å². The van der Waals surface area contributed by atoms with Gasteiger partial charge < -0.3 is 25.0 Å². The number of hydrogen-bond acceptors (Lipinski definition) is 4. The molecule has 1 unspecified atom stereocenters. The van der Waals surface area contributed by atoms with E-state index in [0.717, 1.165) is 63.8 Å². The Bertz CT molecular complexity index is 587. The molecule has 1 aromatic rings. The highest BCUT2D eigenvalue weighted by Crippen LogP contribution is 2.21. The van der Waals surface area contributed by atoms with E-state index in [1.807, 2.05) is 12.1 Å². The molecule has 29 heavy (non-hydrogen) atoms. The molecule has 1 aromatic carbocycles. The standard InChI is InChI=1S/C22H38N4O2.HI/c1-5-23-22(24-17-19(10-15-27)16-18(2)3)26-13-11-25(12-14-26)20-6-8-21(28-4)9-7-20;/h6-9,18-19,27H,5,10-17H2,1-4H3,(H,23,24);1H. The molecule has 6 nitrogen and oxygen atoms in total. The van der Waals surface area contributed by atoms with Crippen LogP contribution in [0, 0.1) is 11.8 Å².